The van der Waals surface area contributed by atoms with E-state index in [0.717, 1.165) is 16.5 Å². The van der Waals surface area contributed by atoms with Gasteiger partial charge in [-0.05, 0) is 23.6 Å². The maximum absolute atomic E-state index is 12.3. The lowest BCUT2D eigenvalue weighted by Gasteiger charge is -2.17. The van der Waals surface area contributed by atoms with Gasteiger partial charge >= 0.3 is 0 Å². The van der Waals surface area contributed by atoms with Crippen LogP contribution in [0.5, 0.6) is 5.75 Å². The minimum atomic E-state index is -0.262. The molecule has 0 saturated carbocycles. The SMILES string of the molecule is CN(CC(=O)Nc1cccc2ccccc12)C(=O)COc1ccccc1. The standard InChI is InChI=1S/C21H20N2O3/c1-23(21(25)15-26-17-10-3-2-4-11-17)14-20(24)22-19-13-7-9-16-8-5-6-12-18(16)19/h2-13H,14-15H2,1H3,(H,22,24). The van der Waals surface area contributed by atoms with Crippen LogP contribution in [0.1, 0.15) is 0 Å². The third-order valence-corrected chi connectivity index (χ3v) is 3.98. The Balaban J connectivity index is 1.56. The molecule has 2 amide bonds. The van der Waals surface area contributed by atoms with Gasteiger partial charge in [-0.15, -0.1) is 0 Å². The fourth-order valence-electron chi connectivity index (χ4n) is 2.60. The van der Waals surface area contributed by atoms with E-state index in [-0.39, 0.29) is 25.0 Å². The van der Waals surface area contributed by atoms with Gasteiger partial charge in [0.05, 0.1) is 6.54 Å². The van der Waals surface area contributed by atoms with Gasteiger partial charge in [0.25, 0.3) is 5.91 Å². The maximum atomic E-state index is 12.3. The third kappa shape index (κ3) is 4.39. The second-order valence-electron chi connectivity index (χ2n) is 5.93. The van der Waals surface area contributed by atoms with Gasteiger partial charge in [0, 0.05) is 18.1 Å². The molecule has 132 valence electrons. The molecule has 0 aliphatic heterocycles. The van der Waals surface area contributed by atoms with Crippen LogP contribution in [0.4, 0.5) is 5.69 Å². The van der Waals surface area contributed by atoms with Gasteiger partial charge < -0.3 is 15.0 Å². The average Bonchev–Trinajstić information content (AvgIpc) is 2.67. The summed E-state index contributed by atoms with van der Waals surface area (Å²) in [7, 11) is 1.58. The van der Waals surface area contributed by atoms with E-state index in [1.54, 1.807) is 19.2 Å². The van der Waals surface area contributed by atoms with Crippen LogP contribution >= 0.6 is 0 Å². The smallest absolute Gasteiger partial charge is 0.260 e. The topological polar surface area (TPSA) is 58.6 Å². The van der Waals surface area contributed by atoms with Gasteiger partial charge in [0.15, 0.2) is 6.61 Å². The molecule has 0 saturated heterocycles. The first-order valence-electron chi connectivity index (χ1n) is 8.33. The van der Waals surface area contributed by atoms with Crippen molar-refractivity contribution in [2.24, 2.45) is 0 Å². The zero-order valence-electron chi connectivity index (χ0n) is 14.5. The number of anilines is 1. The van der Waals surface area contributed by atoms with Crippen LogP contribution in [0.25, 0.3) is 10.8 Å². The summed E-state index contributed by atoms with van der Waals surface area (Å²) in [4.78, 5) is 25.8. The van der Waals surface area contributed by atoms with Crippen LogP contribution in [-0.2, 0) is 9.59 Å². The highest BCUT2D eigenvalue weighted by atomic mass is 16.5. The number of rotatable bonds is 6. The zero-order chi connectivity index (χ0) is 18.4. The maximum Gasteiger partial charge on any atom is 0.260 e. The number of carbonyl (C=O) groups is 2. The Morgan fingerprint density at radius 1 is 0.923 bits per heavy atom. The molecule has 26 heavy (non-hydrogen) atoms. The summed E-state index contributed by atoms with van der Waals surface area (Å²) in [6.45, 7) is -0.151. The van der Waals surface area contributed by atoms with Crippen LogP contribution in [0.2, 0.25) is 0 Å². The summed E-state index contributed by atoms with van der Waals surface area (Å²) in [5.74, 6) is 0.105. The molecular weight excluding hydrogens is 328 g/mol. The molecule has 3 aromatic carbocycles. The predicted octanol–water partition coefficient (Wildman–Crippen LogP) is 3.32. The molecule has 0 fully saturated rings. The first-order valence-corrected chi connectivity index (χ1v) is 8.33. The van der Waals surface area contributed by atoms with E-state index < -0.39 is 0 Å². The lowest BCUT2D eigenvalue weighted by atomic mass is 10.1. The molecule has 3 aromatic rings. The number of nitrogens with zero attached hydrogens (tertiary/aromatic N) is 1. The van der Waals surface area contributed by atoms with Crippen molar-refractivity contribution < 1.29 is 14.3 Å². The molecular formula is C21H20N2O3. The van der Waals surface area contributed by atoms with E-state index in [2.05, 4.69) is 5.32 Å². The Labute approximate surface area is 152 Å². The Kier molecular flexibility index (Phi) is 5.49. The van der Waals surface area contributed by atoms with Crippen molar-refractivity contribution in [1.29, 1.82) is 0 Å². The van der Waals surface area contributed by atoms with E-state index in [1.807, 2.05) is 60.7 Å². The van der Waals surface area contributed by atoms with Gasteiger partial charge in [-0.3, -0.25) is 9.59 Å². The largest absolute Gasteiger partial charge is 0.484 e. The van der Waals surface area contributed by atoms with Gasteiger partial charge in [-0.2, -0.15) is 0 Å². The molecule has 0 aromatic heterocycles. The van der Waals surface area contributed by atoms with Crippen LogP contribution in [0, 0.1) is 0 Å². The van der Waals surface area contributed by atoms with E-state index in [9.17, 15) is 9.59 Å². The highest BCUT2D eigenvalue weighted by Crippen LogP contribution is 2.22. The number of benzene rings is 3. The summed E-state index contributed by atoms with van der Waals surface area (Å²) in [5.41, 5.74) is 0.731. The molecule has 3 rings (SSSR count). The van der Waals surface area contributed by atoms with Crippen molar-refractivity contribution >= 4 is 28.3 Å². The summed E-state index contributed by atoms with van der Waals surface area (Å²) < 4.78 is 5.42. The average molecular weight is 348 g/mol. The molecule has 0 unspecified atom stereocenters. The Bertz CT molecular complexity index is 904. The summed E-state index contributed by atoms with van der Waals surface area (Å²) in [5, 5.41) is 4.88. The van der Waals surface area contributed by atoms with Gasteiger partial charge in [0.1, 0.15) is 5.75 Å². The van der Waals surface area contributed by atoms with Crippen LogP contribution in [0.15, 0.2) is 72.8 Å². The summed E-state index contributed by atoms with van der Waals surface area (Å²) >= 11 is 0. The number of nitrogens with one attached hydrogen (secondary N) is 1. The lowest BCUT2D eigenvalue weighted by molar-refractivity contribution is -0.135. The van der Waals surface area contributed by atoms with Crippen molar-refractivity contribution in [3.8, 4) is 5.75 Å². The van der Waals surface area contributed by atoms with Gasteiger partial charge in [-0.1, -0.05) is 54.6 Å². The molecule has 0 radical (unpaired) electrons. The first-order chi connectivity index (χ1) is 12.6. The third-order valence-electron chi connectivity index (χ3n) is 3.98. The minimum absolute atomic E-state index is 0.0415. The van der Waals surface area contributed by atoms with Crippen LogP contribution < -0.4 is 10.1 Å². The van der Waals surface area contributed by atoms with Gasteiger partial charge in [0.2, 0.25) is 5.91 Å². The lowest BCUT2D eigenvalue weighted by Crippen LogP contribution is -2.37. The van der Waals surface area contributed by atoms with Crippen molar-refractivity contribution in [3.05, 3.63) is 72.8 Å². The molecule has 0 spiro atoms. The summed E-state index contributed by atoms with van der Waals surface area (Å²) in [6.07, 6.45) is 0. The normalized spacial score (nSPS) is 10.3. The van der Waals surface area contributed by atoms with Crippen molar-refractivity contribution in [3.63, 3.8) is 0 Å². The van der Waals surface area contributed by atoms with Crippen LogP contribution in [-0.4, -0.2) is 36.9 Å². The quantitative estimate of drug-likeness (QED) is 0.743. The molecule has 0 atom stereocenters. The second-order valence-corrected chi connectivity index (χ2v) is 5.93. The second kappa shape index (κ2) is 8.16. The number of para-hydroxylation sites is 1. The molecule has 0 aliphatic rings. The zero-order valence-corrected chi connectivity index (χ0v) is 14.5. The first kappa shape index (κ1) is 17.5. The number of likely N-dealkylation sites (N-methyl/N-ethyl adjacent to an activating group) is 1. The Hall–Kier alpha value is -3.34. The van der Waals surface area contributed by atoms with E-state index in [1.165, 1.54) is 4.90 Å². The molecule has 1 N–H and O–H groups in total. The molecule has 5 heteroatoms. The van der Waals surface area contributed by atoms with E-state index >= 15 is 0 Å². The van der Waals surface area contributed by atoms with E-state index in [4.69, 9.17) is 4.74 Å². The highest BCUT2D eigenvalue weighted by Gasteiger charge is 2.14. The number of hydrogen-bond donors (Lipinski definition) is 1. The van der Waals surface area contributed by atoms with Crippen molar-refractivity contribution in [1.82, 2.24) is 4.90 Å². The van der Waals surface area contributed by atoms with Crippen molar-refractivity contribution in [2.45, 2.75) is 0 Å². The number of amides is 2. The van der Waals surface area contributed by atoms with Gasteiger partial charge in [-0.25, -0.2) is 0 Å². The fraction of sp³-hybridized carbons (Fsp3) is 0.143. The number of carbonyl (C=O) groups excluding carboxylic acids is 2. The predicted molar refractivity (Wildman–Crippen MR) is 102 cm³/mol. The molecule has 5 nitrogen and oxygen atoms in total. The van der Waals surface area contributed by atoms with Crippen molar-refractivity contribution in [2.75, 3.05) is 25.5 Å². The minimum Gasteiger partial charge on any atom is -0.484 e. The monoisotopic (exact) mass is 348 g/mol. The molecule has 0 heterocycles. The van der Waals surface area contributed by atoms with E-state index in [0.29, 0.717) is 5.75 Å². The number of fused-ring (bicyclic) bond motifs is 1. The Morgan fingerprint density at radius 3 is 2.42 bits per heavy atom. The highest BCUT2D eigenvalue weighted by molar-refractivity contribution is 6.03. The number of ether oxygens (including phenoxy) is 1. The summed E-state index contributed by atoms with van der Waals surface area (Å²) in [6, 6.07) is 22.6. The molecule has 0 aliphatic carbocycles. The fourth-order valence-corrected chi connectivity index (χ4v) is 2.60. The Morgan fingerprint density at radius 2 is 1.62 bits per heavy atom. The molecule has 0 bridgehead atoms. The van der Waals surface area contributed by atoms with Crippen LogP contribution in [0.3, 0.4) is 0 Å². The number of hydrogen-bond acceptors (Lipinski definition) is 3.